The molecule has 0 heterocycles. The van der Waals surface area contributed by atoms with Crippen LogP contribution in [0.2, 0.25) is 0 Å². The lowest BCUT2D eigenvalue weighted by molar-refractivity contribution is -0.384. The van der Waals surface area contributed by atoms with E-state index in [9.17, 15) is 19.7 Å². The van der Waals surface area contributed by atoms with Crippen LogP contribution in [0.25, 0.3) is 0 Å². The molecular formula is C14H18N2O5. The second-order valence-electron chi connectivity index (χ2n) is 5.17. The van der Waals surface area contributed by atoms with Crippen LogP contribution < -0.4 is 5.32 Å². The largest absolute Gasteiger partial charge is 0.452 e. The van der Waals surface area contributed by atoms with Gasteiger partial charge in [-0.25, -0.2) is 4.79 Å². The van der Waals surface area contributed by atoms with Crippen molar-refractivity contribution in [1.29, 1.82) is 0 Å². The summed E-state index contributed by atoms with van der Waals surface area (Å²) in [5.74, 6) is -1.19. The number of nitrogens with one attached hydrogen (secondary N) is 1. The van der Waals surface area contributed by atoms with Crippen molar-refractivity contribution in [3.63, 3.8) is 0 Å². The van der Waals surface area contributed by atoms with Crippen LogP contribution in [0.15, 0.2) is 24.3 Å². The Morgan fingerprint density at radius 1 is 1.38 bits per heavy atom. The number of rotatable bonds is 6. The summed E-state index contributed by atoms with van der Waals surface area (Å²) in [6.45, 7) is 5.21. The highest BCUT2D eigenvalue weighted by Gasteiger charge is 2.19. The Hall–Kier alpha value is -2.44. The number of amides is 1. The van der Waals surface area contributed by atoms with Crippen molar-refractivity contribution in [2.24, 2.45) is 0 Å². The summed E-state index contributed by atoms with van der Waals surface area (Å²) < 4.78 is 4.84. The molecule has 0 aliphatic heterocycles. The smallest absolute Gasteiger partial charge is 0.338 e. The molecule has 0 bridgehead atoms. The number of carbonyl (C=O) groups excluding carboxylic acids is 2. The number of hydrogen-bond acceptors (Lipinski definition) is 5. The Balaban J connectivity index is 2.60. The van der Waals surface area contributed by atoms with Gasteiger partial charge in [-0.15, -0.1) is 0 Å². The molecule has 1 aromatic carbocycles. The first kappa shape index (κ1) is 16.6. The van der Waals surface area contributed by atoms with E-state index >= 15 is 0 Å². The zero-order valence-corrected chi connectivity index (χ0v) is 12.2. The van der Waals surface area contributed by atoms with Crippen molar-refractivity contribution in [3.05, 3.63) is 39.9 Å². The fraction of sp³-hybridized carbons (Fsp3) is 0.429. The molecular weight excluding hydrogens is 276 g/mol. The molecule has 0 aromatic heterocycles. The Bertz CT molecular complexity index is 554. The fourth-order valence-corrected chi connectivity index (χ4v) is 1.46. The van der Waals surface area contributed by atoms with Gasteiger partial charge in [-0.1, -0.05) is 13.0 Å². The monoisotopic (exact) mass is 294 g/mol. The SMILES string of the molecule is CCC(C)(C)NC(=O)COC(=O)c1cccc([N+](=O)[O-])c1. The molecule has 1 rings (SSSR count). The van der Waals surface area contributed by atoms with Crippen LogP contribution in [0.3, 0.4) is 0 Å². The average molecular weight is 294 g/mol. The van der Waals surface area contributed by atoms with Crippen molar-refractivity contribution in [2.75, 3.05) is 6.61 Å². The summed E-state index contributed by atoms with van der Waals surface area (Å²) in [4.78, 5) is 33.4. The van der Waals surface area contributed by atoms with E-state index in [2.05, 4.69) is 5.32 Å². The molecule has 0 spiro atoms. The third-order valence-corrected chi connectivity index (χ3v) is 2.99. The molecule has 0 saturated carbocycles. The number of esters is 1. The molecule has 7 heteroatoms. The van der Waals surface area contributed by atoms with Crippen LogP contribution in [-0.2, 0) is 9.53 Å². The van der Waals surface area contributed by atoms with Gasteiger partial charge in [-0.05, 0) is 26.3 Å². The van der Waals surface area contributed by atoms with Crippen LogP contribution in [0, 0.1) is 10.1 Å². The minimum absolute atomic E-state index is 0.0340. The van der Waals surface area contributed by atoms with Crippen molar-refractivity contribution < 1.29 is 19.2 Å². The van der Waals surface area contributed by atoms with Gasteiger partial charge < -0.3 is 10.1 Å². The molecule has 7 nitrogen and oxygen atoms in total. The van der Waals surface area contributed by atoms with E-state index in [4.69, 9.17) is 4.74 Å². The van der Waals surface area contributed by atoms with Gasteiger partial charge in [0, 0.05) is 17.7 Å². The van der Waals surface area contributed by atoms with Gasteiger partial charge in [0.05, 0.1) is 10.5 Å². The third-order valence-electron chi connectivity index (χ3n) is 2.99. The Morgan fingerprint density at radius 3 is 2.62 bits per heavy atom. The predicted octanol–water partition coefficient (Wildman–Crippen LogP) is 2.06. The quantitative estimate of drug-likeness (QED) is 0.492. The second-order valence-corrected chi connectivity index (χ2v) is 5.17. The minimum Gasteiger partial charge on any atom is -0.452 e. The highest BCUT2D eigenvalue weighted by molar-refractivity contribution is 5.92. The topological polar surface area (TPSA) is 98.5 Å². The minimum atomic E-state index is -0.775. The molecule has 0 saturated heterocycles. The summed E-state index contributed by atoms with van der Waals surface area (Å²) in [5, 5.41) is 13.3. The van der Waals surface area contributed by atoms with E-state index in [1.807, 2.05) is 20.8 Å². The molecule has 0 atom stereocenters. The van der Waals surface area contributed by atoms with Crippen molar-refractivity contribution in [3.8, 4) is 0 Å². The summed E-state index contributed by atoms with van der Waals surface area (Å²) in [6, 6.07) is 5.15. The normalized spacial score (nSPS) is 10.8. The van der Waals surface area contributed by atoms with E-state index in [1.54, 1.807) is 0 Å². The van der Waals surface area contributed by atoms with Crippen LogP contribution >= 0.6 is 0 Å². The van der Waals surface area contributed by atoms with Gasteiger partial charge in [0.2, 0.25) is 0 Å². The molecule has 0 radical (unpaired) electrons. The second kappa shape index (κ2) is 6.83. The Kier molecular flexibility index (Phi) is 5.40. The number of carbonyl (C=O) groups is 2. The maximum atomic E-state index is 11.7. The van der Waals surface area contributed by atoms with Crippen LogP contribution in [-0.4, -0.2) is 28.9 Å². The van der Waals surface area contributed by atoms with E-state index in [-0.39, 0.29) is 16.8 Å². The number of nitro benzene ring substituents is 1. The molecule has 0 aliphatic rings. The number of ether oxygens (including phenoxy) is 1. The van der Waals surface area contributed by atoms with Crippen molar-refractivity contribution in [1.82, 2.24) is 5.32 Å². The van der Waals surface area contributed by atoms with Crippen LogP contribution in [0.5, 0.6) is 0 Å². The molecule has 21 heavy (non-hydrogen) atoms. The highest BCUT2D eigenvalue weighted by Crippen LogP contribution is 2.14. The third kappa shape index (κ3) is 5.21. The maximum absolute atomic E-state index is 11.7. The number of nitrogens with zero attached hydrogens (tertiary/aromatic N) is 1. The molecule has 0 unspecified atom stereocenters. The molecule has 1 aromatic rings. The first-order chi connectivity index (χ1) is 9.75. The molecule has 1 amide bonds. The molecule has 0 fully saturated rings. The number of nitro groups is 1. The molecule has 114 valence electrons. The summed E-state index contributed by atoms with van der Waals surface area (Å²) in [7, 11) is 0. The van der Waals surface area contributed by atoms with E-state index in [1.165, 1.54) is 18.2 Å². The van der Waals surface area contributed by atoms with E-state index in [0.717, 1.165) is 12.5 Å². The predicted molar refractivity (Wildman–Crippen MR) is 75.9 cm³/mol. The van der Waals surface area contributed by atoms with Gasteiger partial charge in [-0.2, -0.15) is 0 Å². The zero-order chi connectivity index (χ0) is 16.0. The van der Waals surface area contributed by atoms with Crippen LogP contribution in [0.4, 0.5) is 5.69 Å². The van der Waals surface area contributed by atoms with Gasteiger partial charge >= 0.3 is 5.97 Å². The number of benzene rings is 1. The zero-order valence-electron chi connectivity index (χ0n) is 12.2. The summed E-state index contributed by atoms with van der Waals surface area (Å²) in [5.41, 5.74) is -0.553. The van der Waals surface area contributed by atoms with Gasteiger partial charge in [0.1, 0.15) is 0 Å². The fourth-order valence-electron chi connectivity index (χ4n) is 1.46. The van der Waals surface area contributed by atoms with E-state index in [0.29, 0.717) is 0 Å². The first-order valence-corrected chi connectivity index (χ1v) is 6.48. The van der Waals surface area contributed by atoms with Crippen molar-refractivity contribution in [2.45, 2.75) is 32.7 Å². The first-order valence-electron chi connectivity index (χ1n) is 6.48. The lowest BCUT2D eigenvalue weighted by Crippen LogP contribution is -2.44. The standard InChI is InChI=1S/C14H18N2O5/c1-4-14(2,3)15-12(17)9-21-13(18)10-6-5-7-11(8-10)16(19)20/h5-8H,4,9H2,1-3H3,(H,15,17). The summed E-state index contributed by atoms with van der Waals surface area (Å²) in [6.07, 6.45) is 0.734. The van der Waals surface area contributed by atoms with Gasteiger partial charge in [-0.3, -0.25) is 14.9 Å². The maximum Gasteiger partial charge on any atom is 0.338 e. The lowest BCUT2D eigenvalue weighted by Gasteiger charge is -2.24. The van der Waals surface area contributed by atoms with Gasteiger partial charge in [0.15, 0.2) is 6.61 Å². The Labute approximate surface area is 122 Å². The highest BCUT2D eigenvalue weighted by atomic mass is 16.6. The Morgan fingerprint density at radius 2 is 2.05 bits per heavy atom. The number of hydrogen-bond donors (Lipinski definition) is 1. The molecule has 0 aliphatic carbocycles. The lowest BCUT2D eigenvalue weighted by atomic mass is 10.0. The van der Waals surface area contributed by atoms with Gasteiger partial charge in [0.25, 0.3) is 11.6 Å². The average Bonchev–Trinajstić information content (AvgIpc) is 2.44. The molecule has 1 N–H and O–H groups in total. The van der Waals surface area contributed by atoms with Crippen LogP contribution in [0.1, 0.15) is 37.6 Å². The number of non-ortho nitro benzene ring substituents is 1. The van der Waals surface area contributed by atoms with E-state index < -0.39 is 23.4 Å². The van der Waals surface area contributed by atoms with Crippen molar-refractivity contribution >= 4 is 17.6 Å². The summed E-state index contributed by atoms with van der Waals surface area (Å²) >= 11 is 0.